The lowest BCUT2D eigenvalue weighted by Crippen LogP contribution is -2.48. The van der Waals surface area contributed by atoms with Crippen molar-refractivity contribution in [3.8, 4) is 0 Å². The summed E-state index contributed by atoms with van der Waals surface area (Å²) in [7, 11) is 0. The van der Waals surface area contributed by atoms with Crippen LogP contribution in [0.3, 0.4) is 0 Å². The van der Waals surface area contributed by atoms with Crippen LogP contribution in [0.5, 0.6) is 0 Å². The van der Waals surface area contributed by atoms with E-state index in [0.717, 1.165) is 48.6 Å². The van der Waals surface area contributed by atoms with Crippen molar-refractivity contribution in [3.63, 3.8) is 0 Å². The Labute approximate surface area is 124 Å². The highest BCUT2D eigenvalue weighted by Gasteiger charge is 2.36. The number of hydrogen-bond donors (Lipinski definition) is 0. The monoisotopic (exact) mass is 316 g/mol. The van der Waals surface area contributed by atoms with Crippen molar-refractivity contribution in [3.05, 3.63) is 29.3 Å². The molecule has 1 aliphatic rings. The van der Waals surface area contributed by atoms with Gasteiger partial charge >= 0.3 is 6.18 Å². The molecule has 0 unspecified atom stereocenters. The van der Waals surface area contributed by atoms with E-state index in [1.165, 1.54) is 0 Å². The maximum atomic E-state index is 12.5. The molecule has 4 nitrogen and oxygen atoms in total. The highest BCUT2D eigenvalue weighted by atomic mass is 32.1. The van der Waals surface area contributed by atoms with Crippen LogP contribution in [0, 0.1) is 5.92 Å². The summed E-state index contributed by atoms with van der Waals surface area (Å²) in [4.78, 5) is 9.83. The Morgan fingerprint density at radius 3 is 2.76 bits per heavy atom. The van der Waals surface area contributed by atoms with E-state index in [1.54, 1.807) is 6.20 Å². The van der Waals surface area contributed by atoms with Crippen LogP contribution in [0.2, 0.25) is 0 Å². The molecular formula is C13H15F3N4S. The SMILES string of the molecule is CCc1nccn1CC1CN(c2nc(C(F)(F)F)cs2)C1. The molecular weight excluding hydrogens is 301 g/mol. The summed E-state index contributed by atoms with van der Waals surface area (Å²) in [6.07, 6.45) is 0.259. The molecule has 2 aromatic rings. The van der Waals surface area contributed by atoms with Crippen molar-refractivity contribution in [2.45, 2.75) is 26.1 Å². The molecule has 0 saturated carbocycles. The van der Waals surface area contributed by atoms with E-state index < -0.39 is 11.9 Å². The summed E-state index contributed by atoms with van der Waals surface area (Å²) in [5, 5.41) is 1.54. The third-order valence-electron chi connectivity index (χ3n) is 3.58. The number of halogens is 3. The van der Waals surface area contributed by atoms with Crippen molar-refractivity contribution in [2.24, 2.45) is 5.92 Å². The Morgan fingerprint density at radius 2 is 2.14 bits per heavy atom. The number of hydrogen-bond acceptors (Lipinski definition) is 4. The van der Waals surface area contributed by atoms with Crippen LogP contribution in [0.15, 0.2) is 17.8 Å². The topological polar surface area (TPSA) is 34.0 Å². The summed E-state index contributed by atoms with van der Waals surface area (Å²) >= 11 is 1.05. The van der Waals surface area contributed by atoms with E-state index >= 15 is 0 Å². The quantitative estimate of drug-likeness (QED) is 0.869. The zero-order valence-corrected chi connectivity index (χ0v) is 12.3. The fraction of sp³-hybridized carbons (Fsp3) is 0.538. The second-order valence-corrected chi connectivity index (χ2v) is 5.97. The Bertz CT molecular complexity index is 613. The van der Waals surface area contributed by atoms with Crippen LogP contribution in [-0.4, -0.2) is 27.6 Å². The average Bonchev–Trinajstić information content (AvgIpc) is 3.01. The summed E-state index contributed by atoms with van der Waals surface area (Å²) in [6, 6.07) is 0. The normalized spacial score (nSPS) is 16.3. The summed E-state index contributed by atoms with van der Waals surface area (Å²) < 4.78 is 39.7. The van der Waals surface area contributed by atoms with E-state index in [2.05, 4.69) is 21.5 Å². The van der Waals surface area contributed by atoms with Crippen molar-refractivity contribution >= 4 is 16.5 Å². The Balaban J connectivity index is 1.57. The van der Waals surface area contributed by atoms with Crippen LogP contribution < -0.4 is 4.90 Å². The molecule has 0 aromatic carbocycles. The van der Waals surface area contributed by atoms with Gasteiger partial charge in [-0.3, -0.25) is 0 Å². The second-order valence-electron chi connectivity index (χ2n) is 5.13. The minimum Gasteiger partial charge on any atom is -0.347 e. The number of aryl methyl sites for hydroxylation is 1. The predicted molar refractivity (Wildman–Crippen MR) is 74.4 cm³/mol. The standard InChI is InChI=1S/C13H15F3N4S/c1-2-11-17-3-4-19(11)5-9-6-20(7-9)12-18-10(8-21-12)13(14,15)16/h3-4,8-9H,2,5-7H2,1H3. The fourth-order valence-electron chi connectivity index (χ4n) is 2.48. The summed E-state index contributed by atoms with van der Waals surface area (Å²) in [5.41, 5.74) is -0.797. The molecule has 0 amide bonds. The van der Waals surface area contributed by atoms with Gasteiger partial charge in [-0.1, -0.05) is 6.92 Å². The van der Waals surface area contributed by atoms with Crippen LogP contribution in [0.1, 0.15) is 18.4 Å². The number of thiazole rings is 1. The smallest absolute Gasteiger partial charge is 0.347 e. The van der Waals surface area contributed by atoms with E-state index in [4.69, 9.17) is 0 Å². The molecule has 114 valence electrons. The zero-order valence-electron chi connectivity index (χ0n) is 11.5. The van der Waals surface area contributed by atoms with Gasteiger partial charge in [0.2, 0.25) is 0 Å². The largest absolute Gasteiger partial charge is 0.434 e. The van der Waals surface area contributed by atoms with Crippen molar-refractivity contribution < 1.29 is 13.2 Å². The first kappa shape index (κ1) is 14.4. The Kier molecular flexibility index (Phi) is 3.64. The molecule has 0 spiro atoms. The molecule has 1 aliphatic heterocycles. The molecule has 2 aromatic heterocycles. The molecule has 0 aliphatic carbocycles. The molecule has 3 rings (SSSR count). The van der Waals surface area contributed by atoms with Crippen molar-refractivity contribution in [2.75, 3.05) is 18.0 Å². The second kappa shape index (κ2) is 5.32. The van der Waals surface area contributed by atoms with E-state index in [1.807, 2.05) is 11.1 Å². The zero-order chi connectivity index (χ0) is 15.0. The molecule has 0 radical (unpaired) electrons. The van der Waals surface area contributed by atoms with Crippen LogP contribution in [-0.2, 0) is 19.1 Å². The number of rotatable bonds is 4. The van der Waals surface area contributed by atoms with Crippen molar-refractivity contribution in [1.29, 1.82) is 0 Å². The van der Waals surface area contributed by atoms with Gasteiger partial charge in [0.1, 0.15) is 5.82 Å². The third-order valence-corrected chi connectivity index (χ3v) is 4.48. The van der Waals surface area contributed by atoms with Gasteiger partial charge in [0, 0.05) is 49.7 Å². The number of imidazole rings is 1. The lowest BCUT2D eigenvalue weighted by Gasteiger charge is -2.39. The average molecular weight is 316 g/mol. The van der Waals surface area contributed by atoms with E-state index in [9.17, 15) is 13.2 Å². The van der Waals surface area contributed by atoms with Gasteiger partial charge in [-0.05, 0) is 0 Å². The minimum absolute atomic E-state index is 0.433. The molecule has 3 heterocycles. The van der Waals surface area contributed by atoms with Gasteiger partial charge in [-0.2, -0.15) is 13.2 Å². The number of alkyl halides is 3. The molecule has 21 heavy (non-hydrogen) atoms. The van der Waals surface area contributed by atoms with Gasteiger partial charge in [0.25, 0.3) is 0 Å². The van der Waals surface area contributed by atoms with Gasteiger partial charge in [0.15, 0.2) is 10.8 Å². The van der Waals surface area contributed by atoms with Gasteiger partial charge < -0.3 is 9.47 Å². The molecule has 0 bridgehead atoms. The molecule has 0 N–H and O–H groups in total. The number of aromatic nitrogens is 3. The van der Waals surface area contributed by atoms with Crippen LogP contribution >= 0.6 is 11.3 Å². The lowest BCUT2D eigenvalue weighted by molar-refractivity contribution is -0.140. The maximum absolute atomic E-state index is 12.5. The Hall–Kier alpha value is -1.57. The van der Waals surface area contributed by atoms with E-state index in [0.29, 0.717) is 11.0 Å². The Morgan fingerprint density at radius 1 is 1.38 bits per heavy atom. The molecule has 1 fully saturated rings. The predicted octanol–water partition coefficient (Wildman–Crippen LogP) is 3.06. The minimum atomic E-state index is -4.36. The third kappa shape index (κ3) is 2.90. The number of nitrogens with zero attached hydrogens (tertiary/aromatic N) is 4. The first-order chi connectivity index (χ1) is 9.97. The molecule has 1 saturated heterocycles. The first-order valence-electron chi connectivity index (χ1n) is 6.75. The van der Waals surface area contributed by atoms with Crippen LogP contribution in [0.25, 0.3) is 0 Å². The van der Waals surface area contributed by atoms with Gasteiger partial charge in [-0.25, -0.2) is 9.97 Å². The van der Waals surface area contributed by atoms with Crippen molar-refractivity contribution in [1.82, 2.24) is 14.5 Å². The van der Waals surface area contributed by atoms with Crippen LogP contribution in [0.4, 0.5) is 18.3 Å². The first-order valence-corrected chi connectivity index (χ1v) is 7.63. The number of anilines is 1. The molecule has 8 heteroatoms. The summed E-state index contributed by atoms with van der Waals surface area (Å²) in [6.45, 7) is 4.40. The highest BCUT2D eigenvalue weighted by molar-refractivity contribution is 7.13. The fourth-order valence-corrected chi connectivity index (χ4v) is 3.33. The van der Waals surface area contributed by atoms with Gasteiger partial charge in [-0.15, -0.1) is 11.3 Å². The maximum Gasteiger partial charge on any atom is 0.434 e. The molecule has 0 atom stereocenters. The summed E-state index contributed by atoms with van der Waals surface area (Å²) in [5.74, 6) is 1.48. The van der Waals surface area contributed by atoms with Gasteiger partial charge in [0.05, 0.1) is 0 Å². The lowest BCUT2D eigenvalue weighted by atomic mass is 10.0. The van der Waals surface area contributed by atoms with E-state index in [-0.39, 0.29) is 0 Å². The highest BCUT2D eigenvalue weighted by Crippen LogP contribution is 2.35.